The second-order valence-corrected chi connectivity index (χ2v) is 15.3. The van der Waals surface area contributed by atoms with Gasteiger partial charge in [0.05, 0.1) is 5.69 Å². The molecule has 0 N–H and O–H groups in total. The molecule has 10 aromatic carbocycles. The summed E-state index contributed by atoms with van der Waals surface area (Å²) in [5, 5.41) is 4.72. The van der Waals surface area contributed by atoms with Crippen LogP contribution in [-0.2, 0) is 0 Å². The van der Waals surface area contributed by atoms with E-state index in [1.807, 2.05) is 12.1 Å². The first-order chi connectivity index (χ1) is 29.7. The van der Waals surface area contributed by atoms with Crippen LogP contribution < -0.4 is 4.90 Å². The molecule has 0 amide bonds. The first-order valence-electron chi connectivity index (χ1n) is 20.5. The standard InChI is InChI=1S/C58H39NO/c1-3-13-40(14-4-1)41-25-27-42(28-26-41)43-29-34-48(35-30-43)59(49-36-31-46(32-37-49)53-22-12-24-57-58(53)54-20-9-10-23-56(54)60-57)55-39-47(33-38-52(55)45-15-5-2-6-16-45)51-21-11-18-44-17-7-8-19-50(44)51/h1-39H. The van der Waals surface area contributed by atoms with Crippen molar-refractivity contribution >= 4 is 49.8 Å². The summed E-state index contributed by atoms with van der Waals surface area (Å²) in [6, 6.07) is 85.0. The smallest absolute Gasteiger partial charge is 0.136 e. The third kappa shape index (κ3) is 6.41. The van der Waals surface area contributed by atoms with Crippen molar-refractivity contribution in [1.82, 2.24) is 0 Å². The summed E-state index contributed by atoms with van der Waals surface area (Å²) in [7, 11) is 0. The summed E-state index contributed by atoms with van der Waals surface area (Å²) in [5.74, 6) is 0. The highest BCUT2D eigenvalue weighted by molar-refractivity contribution is 6.12. The number of furan rings is 1. The lowest BCUT2D eigenvalue weighted by molar-refractivity contribution is 0.669. The predicted octanol–water partition coefficient (Wildman–Crippen LogP) is 16.5. The number of nitrogens with zero attached hydrogens (tertiary/aromatic N) is 1. The highest BCUT2D eigenvalue weighted by Gasteiger charge is 2.20. The number of hydrogen-bond donors (Lipinski definition) is 0. The Kier molecular flexibility index (Phi) is 8.87. The summed E-state index contributed by atoms with van der Waals surface area (Å²) in [6.07, 6.45) is 0. The first kappa shape index (κ1) is 35.2. The van der Waals surface area contributed by atoms with Gasteiger partial charge in [-0.3, -0.25) is 0 Å². The van der Waals surface area contributed by atoms with E-state index in [0.717, 1.165) is 66.8 Å². The minimum Gasteiger partial charge on any atom is -0.456 e. The molecule has 0 unspecified atom stereocenters. The Hall–Kier alpha value is -7.94. The minimum atomic E-state index is 0.895. The lowest BCUT2D eigenvalue weighted by Gasteiger charge is -2.29. The van der Waals surface area contributed by atoms with E-state index in [4.69, 9.17) is 4.42 Å². The lowest BCUT2D eigenvalue weighted by Crippen LogP contribution is -2.11. The van der Waals surface area contributed by atoms with Gasteiger partial charge in [0.15, 0.2) is 0 Å². The highest BCUT2D eigenvalue weighted by atomic mass is 16.3. The van der Waals surface area contributed by atoms with Crippen molar-refractivity contribution < 1.29 is 4.42 Å². The molecule has 0 spiro atoms. The molecule has 0 saturated heterocycles. The average molecular weight is 766 g/mol. The van der Waals surface area contributed by atoms with Crippen molar-refractivity contribution in [2.75, 3.05) is 4.90 Å². The molecule has 2 heteroatoms. The number of rotatable bonds is 8. The van der Waals surface area contributed by atoms with Gasteiger partial charge >= 0.3 is 0 Å². The van der Waals surface area contributed by atoms with E-state index in [1.54, 1.807) is 0 Å². The number of hydrogen-bond acceptors (Lipinski definition) is 2. The zero-order valence-corrected chi connectivity index (χ0v) is 32.9. The summed E-state index contributed by atoms with van der Waals surface area (Å²) >= 11 is 0. The maximum Gasteiger partial charge on any atom is 0.136 e. The highest BCUT2D eigenvalue weighted by Crippen LogP contribution is 2.45. The lowest BCUT2D eigenvalue weighted by atomic mass is 9.94. The number of anilines is 3. The number of para-hydroxylation sites is 1. The Morgan fingerprint density at radius 2 is 0.750 bits per heavy atom. The van der Waals surface area contributed by atoms with Gasteiger partial charge < -0.3 is 9.32 Å². The maximum atomic E-state index is 6.28. The maximum absolute atomic E-state index is 6.28. The Morgan fingerprint density at radius 1 is 0.283 bits per heavy atom. The zero-order valence-electron chi connectivity index (χ0n) is 32.9. The van der Waals surface area contributed by atoms with Gasteiger partial charge in [-0.05, 0) is 103 Å². The van der Waals surface area contributed by atoms with E-state index < -0.39 is 0 Å². The second kappa shape index (κ2) is 15.1. The molecule has 1 aromatic heterocycles. The molecule has 0 aliphatic rings. The average Bonchev–Trinajstić information content (AvgIpc) is 3.72. The van der Waals surface area contributed by atoms with Crippen LogP contribution in [-0.4, -0.2) is 0 Å². The van der Waals surface area contributed by atoms with E-state index in [2.05, 4.69) is 229 Å². The van der Waals surface area contributed by atoms with Gasteiger partial charge in [-0.2, -0.15) is 0 Å². The molecule has 0 bridgehead atoms. The fourth-order valence-electron chi connectivity index (χ4n) is 8.74. The normalized spacial score (nSPS) is 11.3. The fraction of sp³-hybridized carbons (Fsp3) is 0. The summed E-state index contributed by atoms with van der Waals surface area (Å²) in [5.41, 5.74) is 16.8. The Bertz CT molecular complexity index is 3270. The fourth-order valence-corrected chi connectivity index (χ4v) is 8.74. The van der Waals surface area contributed by atoms with Crippen molar-refractivity contribution in [3.8, 4) is 55.6 Å². The second-order valence-electron chi connectivity index (χ2n) is 15.3. The van der Waals surface area contributed by atoms with E-state index in [1.165, 1.54) is 38.6 Å². The summed E-state index contributed by atoms with van der Waals surface area (Å²) in [6.45, 7) is 0. The Morgan fingerprint density at radius 3 is 1.45 bits per heavy atom. The van der Waals surface area contributed by atoms with Crippen molar-refractivity contribution in [2.45, 2.75) is 0 Å². The van der Waals surface area contributed by atoms with Gasteiger partial charge in [0.2, 0.25) is 0 Å². The molecule has 0 fully saturated rings. The molecule has 1 heterocycles. The number of fused-ring (bicyclic) bond motifs is 4. The van der Waals surface area contributed by atoms with Gasteiger partial charge in [0, 0.05) is 27.7 Å². The molecule has 282 valence electrons. The van der Waals surface area contributed by atoms with Crippen LogP contribution in [0.2, 0.25) is 0 Å². The van der Waals surface area contributed by atoms with E-state index in [-0.39, 0.29) is 0 Å². The van der Waals surface area contributed by atoms with E-state index in [0.29, 0.717) is 0 Å². The van der Waals surface area contributed by atoms with Crippen molar-refractivity contribution in [3.63, 3.8) is 0 Å². The molecule has 60 heavy (non-hydrogen) atoms. The van der Waals surface area contributed by atoms with Gasteiger partial charge in [-0.25, -0.2) is 0 Å². The van der Waals surface area contributed by atoms with Crippen molar-refractivity contribution in [3.05, 3.63) is 237 Å². The van der Waals surface area contributed by atoms with Crippen molar-refractivity contribution in [2.24, 2.45) is 0 Å². The molecule has 0 saturated carbocycles. The van der Waals surface area contributed by atoms with Crippen LogP contribution >= 0.6 is 0 Å². The molecule has 0 atom stereocenters. The van der Waals surface area contributed by atoms with Crippen molar-refractivity contribution in [1.29, 1.82) is 0 Å². The van der Waals surface area contributed by atoms with Crippen LogP contribution in [0.25, 0.3) is 88.3 Å². The van der Waals surface area contributed by atoms with Crippen LogP contribution in [0.1, 0.15) is 0 Å². The molecule has 0 radical (unpaired) electrons. The minimum absolute atomic E-state index is 0.895. The monoisotopic (exact) mass is 765 g/mol. The summed E-state index contributed by atoms with van der Waals surface area (Å²) in [4.78, 5) is 2.41. The molecule has 11 aromatic rings. The predicted molar refractivity (Wildman–Crippen MR) is 253 cm³/mol. The first-order valence-corrected chi connectivity index (χ1v) is 20.5. The third-order valence-corrected chi connectivity index (χ3v) is 11.7. The molecule has 2 nitrogen and oxygen atoms in total. The number of benzene rings is 10. The van der Waals surface area contributed by atoms with Gasteiger partial charge in [0.1, 0.15) is 11.2 Å². The Balaban J connectivity index is 1.07. The largest absolute Gasteiger partial charge is 0.456 e. The Labute approximate surface area is 349 Å². The van der Waals surface area contributed by atoms with Crippen LogP contribution in [0.15, 0.2) is 241 Å². The van der Waals surface area contributed by atoms with Gasteiger partial charge in [0.25, 0.3) is 0 Å². The molecular formula is C58H39NO. The van der Waals surface area contributed by atoms with Gasteiger partial charge in [-0.15, -0.1) is 0 Å². The van der Waals surface area contributed by atoms with Gasteiger partial charge in [-0.1, -0.05) is 194 Å². The topological polar surface area (TPSA) is 16.4 Å². The van der Waals surface area contributed by atoms with Crippen LogP contribution in [0.4, 0.5) is 17.1 Å². The van der Waals surface area contributed by atoms with E-state index in [9.17, 15) is 0 Å². The molecule has 0 aliphatic carbocycles. The van der Waals surface area contributed by atoms with E-state index >= 15 is 0 Å². The third-order valence-electron chi connectivity index (χ3n) is 11.7. The summed E-state index contributed by atoms with van der Waals surface area (Å²) < 4.78 is 6.28. The zero-order chi connectivity index (χ0) is 39.8. The molecular weight excluding hydrogens is 727 g/mol. The SMILES string of the molecule is c1ccc(-c2ccc(-c3ccc(N(c4ccc(-c5cccc6oc7ccccc7c56)cc4)c4cc(-c5cccc6ccccc56)ccc4-c4ccccc4)cc3)cc2)cc1. The molecule has 11 rings (SSSR count). The van der Waals surface area contributed by atoms with Crippen LogP contribution in [0.3, 0.4) is 0 Å². The molecule has 0 aliphatic heterocycles. The van der Waals surface area contributed by atoms with Crippen LogP contribution in [0.5, 0.6) is 0 Å². The quantitative estimate of drug-likeness (QED) is 0.153. The van der Waals surface area contributed by atoms with Crippen LogP contribution in [0, 0.1) is 0 Å².